The molecule has 0 spiro atoms. The average Bonchev–Trinajstić information content (AvgIpc) is 3.26. The van der Waals surface area contributed by atoms with Crippen molar-refractivity contribution in [1.82, 2.24) is 9.88 Å². The maximum atomic E-state index is 12.1. The van der Waals surface area contributed by atoms with Crippen LogP contribution in [0.15, 0.2) is 65.2 Å². The maximum absolute atomic E-state index is 12.1. The van der Waals surface area contributed by atoms with Gasteiger partial charge in [-0.15, -0.1) is 0 Å². The molecule has 0 fully saturated rings. The number of likely N-dealkylation sites (N-methyl/N-ethyl adjacent to an activating group) is 1. The van der Waals surface area contributed by atoms with Gasteiger partial charge in [0.1, 0.15) is 12.0 Å². The van der Waals surface area contributed by atoms with E-state index in [0.717, 1.165) is 11.8 Å². The molecule has 0 aliphatic carbocycles. The zero-order chi connectivity index (χ0) is 21.3. The molecule has 3 rings (SSSR count). The molecule has 0 aliphatic rings. The van der Waals surface area contributed by atoms with Crippen LogP contribution in [0.2, 0.25) is 0 Å². The zero-order valence-electron chi connectivity index (χ0n) is 16.8. The van der Waals surface area contributed by atoms with Gasteiger partial charge in [-0.1, -0.05) is 30.3 Å². The minimum Gasteiger partial charge on any atom is -0.442 e. The van der Waals surface area contributed by atoms with Gasteiger partial charge in [-0.25, -0.2) is 4.98 Å². The lowest BCUT2D eigenvalue weighted by Crippen LogP contribution is -2.26. The second kappa shape index (κ2) is 10.5. The van der Waals surface area contributed by atoms with E-state index in [9.17, 15) is 14.7 Å². The van der Waals surface area contributed by atoms with E-state index in [2.05, 4.69) is 10.3 Å². The summed E-state index contributed by atoms with van der Waals surface area (Å²) in [5, 5.41) is 13.2. The van der Waals surface area contributed by atoms with E-state index < -0.39 is 6.10 Å². The maximum Gasteiger partial charge on any atom is 0.227 e. The summed E-state index contributed by atoms with van der Waals surface area (Å²) in [6.07, 6.45) is 2.48. The van der Waals surface area contributed by atoms with Gasteiger partial charge in [-0.3, -0.25) is 9.59 Å². The van der Waals surface area contributed by atoms with Crippen molar-refractivity contribution in [2.75, 3.05) is 25.5 Å². The molecule has 7 nitrogen and oxygen atoms in total. The molecule has 0 bridgehead atoms. The minimum atomic E-state index is -0.887. The number of carbonyl (C=O) groups is 2. The Hall–Kier alpha value is -3.29. The standard InChI is InChI=1S/C23H25N3O4/c1-26(14-12-21(28)25-19-9-7-17(16-27)8-10-19)13-11-20-15-24-23(30-20)22(29)18-5-3-2-4-6-18/h2-10,15-16,22,29H,11-14H2,1H3,(H,25,28). The van der Waals surface area contributed by atoms with Crippen LogP contribution in [0.5, 0.6) is 0 Å². The summed E-state index contributed by atoms with van der Waals surface area (Å²) >= 11 is 0. The van der Waals surface area contributed by atoms with Crippen LogP contribution >= 0.6 is 0 Å². The number of aliphatic hydroxyl groups is 1. The molecule has 3 aromatic rings. The van der Waals surface area contributed by atoms with Gasteiger partial charge in [0.05, 0.1) is 6.20 Å². The Morgan fingerprint density at radius 3 is 2.60 bits per heavy atom. The lowest BCUT2D eigenvalue weighted by molar-refractivity contribution is -0.116. The molecule has 30 heavy (non-hydrogen) atoms. The first-order chi connectivity index (χ1) is 14.5. The number of amides is 1. The minimum absolute atomic E-state index is 0.0892. The van der Waals surface area contributed by atoms with E-state index in [1.165, 1.54) is 0 Å². The SMILES string of the molecule is CN(CCC(=O)Nc1ccc(C=O)cc1)CCc1cnc(C(O)c2ccccc2)o1. The van der Waals surface area contributed by atoms with Crippen LogP contribution in [0, 0.1) is 0 Å². The Bertz CT molecular complexity index is 954. The number of anilines is 1. The lowest BCUT2D eigenvalue weighted by atomic mass is 10.1. The molecule has 1 aromatic heterocycles. The van der Waals surface area contributed by atoms with Crippen LogP contribution in [0.4, 0.5) is 5.69 Å². The number of benzene rings is 2. The van der Waals surface area contributed by atoms with Crippen LogP contribution < -0.4 is 5.32 Å². The third-order valence-electron chi connectivity index (χ3n) is 4.71. The number of hydrogen-bond donors (Lipinski definition) is 2. The topological polar surface area (TPSA) is 95.7 Å². The number of rotatable bonds is 10. The van der Waals surface area contributed by atoms with Gasteiger partial charge in [-0.2, -0.15) is 0 Å². The van der Waals surface area contributed by atoms with Gasteiger partial charge >= 0.3 is 0 Å². The Labute approximate surface area is 175 Å². The zero-order valence-corrected chi connectivity index (χ0v) is 16.8. The number of aldehydes is 1. The van der Waals surface area contributed by atoms with Crippen molar-refractivity contribution in [1.29, 1.82) is 0 Å². The Balaban J connectivity index is 1.41. The Morgan fingerprint density at radius 2 is 1.90 bits per heavy atom. The quantitative estimate of drug-likeness (QED) is 0.502. The molecule has 2 N–H and O–H groups in total. The molecular weight excluding hydrogens is 382 g/mol. The van der Waals surface area contributed by atoms with E-state index in [1.54, 1.807) is 30.5 Å². The molecule has 156 valence electrons. The summed E-state index contributed by atoms with van der Waals surface area (Å²) in [6, 6.07) is 16.0. The molecule has 0 aliphatic heterocycles. The van der Waals surface area contributed by atoms with Gasteiger partial charge in [-0.05, 0) is 36.9 Å². The number of aliphatic hydroxyl groups excluding tert-OH is 1. The smallest absolute Gasteiger partial charge is 0.227 e. The normalized spacial score (nSPS) is 12.0. The van der Waals surface area contributed by atoms with E-state index in [4.69, 9.17) is 4.42 Å². The van der Waals surface area contributed by atoms with Crippen LogP contribution in [0.25, 0.3) is 0 Å². The fraction of sp³-hybridized carbons (Fsp3) is 0.261. The molecule has 1 amide bonds. The summed E-state index contributed by atoms with van der Waals surface area (Å²) in [7, 11) is 1.93. The molecule has 7 heteroatoms. The third kappa shape index (κ3) is 6.10. The van der Waals surface area contributed by atoms with Gasteiger partial charge < -0.3 is 19.7 Å². The summed E-state index contributed by atoms with van der Waals surface area (Å²) in [5.41, 5.74) is 1.97. The van der Waals surface area contributed by atoms with Crippen LogP contribution in [-0.4, -0.2) is 47.3 Å². The summed E-state index contributed by atoms with van der Waals surface area (Å²) in [5.74, 6) is 0.874. The second-order valence-electron chi connectivity index (χ2n) is 7.07. The van der Waals surface area contributed by atoms with Crippen LogP contribution in [0.1, 0.15) is 40.1 Å². The summed E-state index contributed by atoms with van der Waals surface area (Å²) in [4.78, 5) is 29.0. The van der Waals surface area contributed by atoms with Crippen molar-refractivity contribution in [3.05, 3.63) is 83.6 Å². The monoisotopic (exact) mass is 407 g/mol. The van der Waals surface area contributed by atoms with Gasteiger partial charge in [0.25, 0.3) is 0 Å². The fourth-order valence-electron chi connectivity index (χ4n) is 2.92. The van der Waals surface area contributed by atoms with Crippen LogP contribution in [0.3, 0.4) is 0 Å². The van der Waals surface area contributed by atoms with Crippen molar-refractivity contribution in [3.63, 3.8) is 0 Å². The largest absolute Gasteiger partial charge is 0.442 e. The molecule has 0 radical (unpaired) electrons. The molecule has 0 saturated carbocycles. The first-order valence-electron chi connectivity index (χ1n) is 9.76. The van der Waals surface area contributed by atoms with Crippen molar-refractivity contribution in [3.8, 4) is 0 Å². The molecule has 1 atom stereocenters. The Morgan fingerprint density at radius 1 is 1.17 bits per heavy atom. The van der Waals surface area contributed by atoms with Crippen molar-refractivity contribution in [2.24, 2.45) is 0 Å². The van der Waals surface area contributed by atoms with Gasteiger partial charge in [0.2, 0.25) is 11.8 Å². The fourth-order valence-corrected chi connectivity index (χ4v) is 2.92. The first kappa shape index (κ1) is 21.4. The number of nitrogens with one attached hydrogen (secondary N) is 1. The number of aromatic nitrogens is 1. The van der Waals surface area contributed by atoms with Crippen molar-refractivity contribution < 1.29 is 19.1 Å². The molecule has 1 heterocycles. The second-order valence-corrected chi connectivity index (χ2v) is 7.07. The van der Waals surface area contributed by atoms with Gasteiger partial charge in [0, 0.05) is 37.2 Å². The van der Waals surface area contributed by atoms with E-state index in [-0.39, 0.29) is 11.8 Å². The van der Waals surface area contributed by atoms with E-state index >= 15 is 0 Å². The van der Waals surface area contributed by atoms with E-state index in [0.29, 0.717) is 42.9 Å². The number of oxazole rings is 1. The highest BCUT2D eigenvalue weighted by atomic mass is 16.4. The van der Waals surface area contributed by atoms with Gasteiger partial charge in [0.15, 0.2) is 6.10 Å². The predicted molar refractivity (Wildman–Crippen MR) is 113 cm³/mol. The predicted octanol–water partition coefficient (Wildman–Crippen LogP) is 3.07. The molecule has 2 aromatic carbocycles. The highest BCUT2D eigenvalue weighted by Gasteiger charge is 2.16. The summed E-state index contributed by atoms with van der Waals surface area (Å²) < 4.78 is 5.68. The number of hydrogen-bond acceptors (Lipinski definition) is 6. The number of nitrogens with zero attached hydrogens (tertiary/aromatic N) is 2. The molecule has 0 saturated heterocycles. The van der Waals surface area contributed by atoms with Crippen molar-refractivity contribution >= 4 is 17.9 Å². The van der Waals surface area contributed by atoms with E-state index in [1.807, 2.05) is 42.3 Å². The van der Waals surface area contributed by atoms with Crippen molar-refractivity contribution in [2.45, 2.75) is 18.9 Å². The lowest BCUT2D eigenvalue weighted by Gasteiger charge is -2.15. The first-order valence-corrected chi connectivity index (χ1v) is 9.76. The number of carbonyl (C=O) groups excluding carboxylic acids is 2. The molecular formula is C23H25N3O4. The highest BCUT2D eigenvalue weighted by molar-refractivity contribution is 5.91. The average molecular weight is 407 g/mol. The molecule has 1 unspecified atom stereocenters. The third-order valence-corrected chi connectivity index (χ3v) is 4.71. The highest BCUT2D eigenvalue weighted by Crippen LogP contribution is 2.21. The summed E-state index contributed by atoms with van der Waals surface area (Å²) in [6.45, 7) is 1.28. The Kier molecular flexibility index (Phi) is 7.48. The van der Waals surface area contributed by atoms with Crippen LogP contribution in [-0.2, 0) is 11.2 Å².